The molecule has 2 aromatic rings. The Labute approximate surface area is 158 Å². The van der Waals surface area contributed by atoms with E-state index in [-0.39, 0.29) is 0 Å². The molecule has 0 radical (unpaired) electrons. The Bertz CT molecular complexity index is 741. The topological polar surface area (TPSA) is 50.7 Å². The van der Waals surface area contributed by atoms with Crippen molar-refractivity contribution in [3.63, 3.8) is 0 Å². The SMILES string of the molecule is COc1ccc(OC[C@H]2CC[C@H]3CN(c4ncc(F)cn4)CCN3C2)cc1. The zero-order valence-corrected chi connectivity index (χ0v) is 15.6. The molecule has 144 valence electrons. The van der Waals surface area contributed by atoms with Crippen LogP contribution in [0.1, 0.15) is 12.8 Å². The molecule has 1 aromatic heterocycles. The zero-order valence-electron chi connectivity index (χ0n) is 15.6. The summed E-state index contributed by atoms with van der Waals surface area (Å²) in [4.78, 5) is 13.0. The zero-order chi connectivity index (χ0) is 18.6. The number of piperazine rings is 1. The number of aromatic nitrogens is 2. The van der Waals surface area contributed by atoms with Crippen LogP contribution in [0.5, 0.6) is 11.5 Å². The third-order valence-corrected chi connectivity index (χ3v) is 5.44. The molecule has 1 aromatic carbocycles. The molecule has 2 aliphatic heterocycles. The molecule has 0 bridgehead atoms. The quantitative estimate of drug-likeness (QED) is 0.804. The van der Waals surface area contributed by atoms with Crippen molar-refractivity contribution in [3.05, 3.63) is 42.5 Å². The van der Waals surface area contributed by atoms with Gasteiger partial charge in [-0.25, -0.2) is 14.4 Å². The van der Waals surface area contributed by atoms with E-state index in [1.807, 2.05) is 24.3 Å². The summed E-state index contributed by atoms with van der Waals surface area (Å²) in [6.07, 6.45) is 4.76. The first-order chi connectivity index (χ1) is 13.2. The number of hydrogen-bond acceptors (Lipinski definition) is 6. The average Bonchev–Trinajstić information content (AvgIpc) is 2.72. The van der Waals surface area contributed by atoms with Crippen LogP contribution in [-0.2, 0) is 0 Å². The molecular weight excluding hydrogens is 347 g/mol. The van der Waals surface area contributed by atoms with Gasteiger partial charge in [0.15, 0.2) is 5.82 Å². The summed E-state index contributed by atoms with van der Waals surface area (Å²) in [5.74, 6) is 2.50. The number of hydrogen-bond donors (Lipinski definition) is 0. The van der Waals surface area contributed by atoms with Crippen LogP contribution in [0, 0.1) is 11.7 Å². The fourth-order valence-corrected chi connectivity index (χ4v) is 3.93. The number of benzene rings is 1. The molecule has 0 amide bonds. The van der Waals surface area contributed by atoms with Crippen LogP contribution in [0.4, 0.5) is 10.3 Å². The summed E-state index contributed by atoms with van der Waals surface area (Å²) >= 11 is 0. The molecule has 0 saturated carbocycles. The number of fused-ring (bicyclic) bond motifs is 1. The van der Waals surface area contributed by atoms with Crippen molar-refractivity contribution < 1.29 is 13.9 Å². The minimum absolute atomic E-state index is 0.394. The van der Waals surface area contributed by atoms with E-state index in [4.69, 9.17) is 9.47 Å². The summed E-state index contributed by atoms with van der Waals surface area (Å²) in [6.45, 7) is 4.54. The number of rotatable bonds is 5. The van der Waals surface area contributed by atoms with E-state index in [2.05, 4.69) is 19.8 Å². The molecular formula is C20H25FN4O2. The first-order valence-corrected chi connectivity index (χ1v) is 9.44. The highest BCUT2D eigenvalue weighted by Gasteiger charge is 2.33. The Hall–Kier alpha value is -2.41. The largest absolute Gasteiger partial charge is 0.497 e. The molecule has 6 nitrogen and oxygen atoms in total. The summed E-state index contributed by atoms with van der Waals surface area (Å²) in [5.41, 5.74) is 0. The molecule has 2 saturated heterocycles. The van der Waals surface area contributed by atoms with Crippen molar-refractivity contribution in [3.8, 4) is 11.5 Å². The van der Waals surface area contributed by atoms with Gasteiger partial charge in [0.25, 0.3) is 0 Å². The Morgan fingerprint density at radius 2 is 1.78 bits per heavy atom. The predicted molar refractivity (Wildman–Crippen MR) is 101 cm³/mol. The minimum Gasteiger partial charge on any atom is -0.497 e. The number of halogens is 1. The maximum Gasteiger partial charge on any atom is 0.225 e. The minimum atomic E-state index is -0.394. The van der Waals surface area contributed by atoms with Gasteiger partial charge in [0.1, 0.15) is 11.5 Å². The lowest BCUT2D eigenvalue weighted by molar-refractivity contribution is 0.0725. The summed E-state index contributed by atoms with van der Waals surface area (Å²) in [7, 11) is 1.66. The molecule has 0 aliphatic carbocycles. The highest BCUT2D eigenvalue weighted by atomic mass is 19.1. The van der Waals surface area contributed by atoms with Gasteiger partial charge in [-0.1, -0.05) is 0 Å². The van der Waals surface area contributed by atoms with Gasteiger partial charge in [-0.15, -0.1) is 0 Å². The van der Waals surface area contributed by atoms with Crippen LogP contribution in [-0.4, -0.2) is 60.8 Å². The molecule has 27 heavy (non-hydrogen) atoms. The molecule has 2 fully saturated rings. The summed E-state index contributed by atoms with van der Waals surface area (Å²) < 4.78 is 24.2. The maximum absolute atomic E-state index is 13.0. The molecule has 0 spiro atoms. The van der Waals surface area contributed by atoms with Crippen LogP contribution in [0.3, 0.4) is 0 Å². The smallest absolute Gasteiger partial charge is 0.225 e. The second-order valence-corrected chi connectivity index (χ2v) is 7.23. The molecule has 0 N–H and O–H groups in total. The molecule has 2 atom stereocenters. The number of methoxy groups -OCH3 is 1. The van der Waals surface area contributed by atoms with E-state index >= 15 is 0 Å². The predicted octanol–water partition coefficient (Wildman–Crippen LogP) is 2.60. The highest BCUT2D eigenvalue weighted by Crippen LogP contribution is 2.27. The van der Waals surface area contributed by atoms with Crippen LogP contribution in [0.25, 0.3) is 0 Å². The van der Waals surface area contributed by atoms with Gasteiger partial charge in [0.05, 0.1) is 26.1 Å². The van der Waals surface area contributed by atoms with E-state index < -0.39 is 5.82 Å². The lowest BCUT2D eigenvalue weighted by Gasteiger charge is -2.46. The lowest BCUT2D eigenvalue weighted by atomic mass is 9.91. The van der Waals surface area contributed by atoms with Crippen molar-refractivity contribution in [1.29, 1.82) is 0 Å². The van der Waals surface area contributed by atoms with Gasteiger partial charge in [-0.05, 0) is 37.1 Å². The first-order valence-electron chi connectivity index (χ1n) is 9.44. The van der Waals surface area contributed by atoms with Gasteiger partial charge in [0.2, 0.25) is 5.95 Å². The molecule has 0 unspecified atom stereocenters. The Balaban J connectivity index is 1.28. The number of nitrogens with zero attached hydrogens (tertiary/aromatic N) is 4. The molecule has 3 heterocycles. The third-order valence-electron chi connectivity index (χ3n) is 5.44. The van der Waals surface area contributed by atoms with E-state index in [1.165, 1.54) is 12.4 Å². The van der Waals surface area contributed by atoms with Crippen molar-refractivity contribution in [2.75, 3.05) is 44.8 Å². The lowest BCUT2D eigenvalue weighted by Crippen LogP contribution is -2.57. The normalized spacial score (nSPS) is 23.0. The summed E-state index contributed by atoms with van der Waals surface area (Å²) in [6, 6.07) is 8.24. The van der Waals surface area contributed by atoms with Crippen molar-refractivity contribution in [1.82, 2.24) is 14.9 Å². The third kappa shape index (κ3) is 4.30. The van der Waals surface area contributed by atoms with Crippen LogP contribution in [0.2, 0.25) is 0 Å². The Kier molecular flexibility index (Phi) is 5.38. The second kappa shape index (κ2) is 8.08. The van der Waals surface area contributed by atoms with Gasteiger partial charge in [-0.3, -0.25) is 4.90 Å². The molecule has 4 rings (SSSR count). The fourth-order valence-electron chi connectivity index (χ4n) is 3.93. The van der Waals surface area contributed by atoms with Crippen LogP contribution >= 0.6 is 0 Å². The van der Waals surface area contributed by atoms with Crippen molar-refractivity contribution in [2.45, 2.75) is 18.9 Å². The monoisotopic (exact) mass is 372 g/mol. The van der Waals surface area contributed by atoms with Gasteiger partial charge in [0, 0.05) is 38.1 Å². The molecule has 7 heteroatoms. The molecule has 2 aliphatic rings. The summed E-state index contributed by atoms with van der Waals surface area (Å²) in [5, 5.41) is 0. The van der Waals surface area contributed by atoms with E-state index in [9.17, 15) is 4.39 Å². The fraction of sp³-hybridized carbons (Fsp3) is 0.500. The van der Waals surface area contributed by atoms with Crippen LogP contribution < -0.4 is 14.4 Å². The first kappa shape index (κ1) is 18.0. The number of piperidine rings is 1. The average molecular weight is 372 g/mol. The van der Waals surface area contributed by atoms with Crippen molar-refractivity contribution >= 4 is 5.95 Å². The highest BCUT2D eigenvalue weighted by molar-refractivity contribution is 5.31. The Morgan fingerprint density at radius 1 is 1.04 bits per heavy atom. The van der Waals surface area contributed by atoms with Crippen LogP contribution in [0.15, 0.2) is 36.7 Å². The Morgan fingerprint density at radius 3 is 2.52 bits per heavy atom. The maximum atomic E-state index is 13.0. The van der Waals surface area contributed by atoms with Gasteiger partial charge >= 0.3 is 0 Å². The van der Waals surface area contributed by atoms with E-state index in [1.54, 1.807) is 7.11 Å². The number of anilines is 1. The van der Waals surface area contributed by atoms with Gasteiger partial charge in [-0.2, -0.15) is 0 Å². The van der Waals surface area contributed by atoms with Gasteiger partial charge < -0.3 is 14.4 Å². The van der Waals surface area contributed by atoms with E-state index in [0.717, 1.165) is 57.1 Å². The van der Waals surface area contributed by atoms with Crippen molar-refractivity contribution in [2.24, 2.45) is 5.92 Å². The standard InChI is InChI=1S/C20H25FN4O2/c1-26-18-4-6-19(7-5-18)27-14-15-2-3-17-13-25(9-8-24(17)12-15)20-22-10-16(21)11-23-20/h4-7,10-11,15,17H,2-3,8-9,12-14H2,1H3/t15-,17-/m0/s1. The number of ether oxygens (including phenoxy) is 2. The van der Waals surface area contributed by atoms with E-state index in [0.29, 0.717) is 17.9 Å². The second-order valence-electron chi connectivity index (χ2n) is 7.23.